The molecule has 0 radical (unpaired) electrons. The summed E-state index contributed by atoms with van der Waals surface area (Å²) in [6, 6.07) is 0.464. The average Bonchev–Trinajstić information content (AvgIpc) is 2.17. The monoisotopic (exact) mass is 205 g/mol. The minimum Gasteiger partial charge on any atom is -0.333 e. The van der Waals surface area contributed by atoms with E-state index in [9.17, 15) is 4.79 Å². The fourth-order valence-electron chi connectivity index (χ4n) is 1.68. The maximum Gasteiger partial charge on any atom is 0.292 e. The molecular weight excluding hydrogens is 190 g/mol. The first-order valence-corrected chi connectivity index (χ1v) is 6.21. The molecular formula is C8H15NOS2. The summed E-state index contributed by atoms with van der Waals surface area (Å²) in [5.74, 6) is 0. The Balaban J connectivity index is 2.39. The van der Waals surface area contributed by atoms with Crippen LogP contribution in [0.15, 0.2) is 0 Å². The normalized spacial score (nSPS) is 19.2. The van der Waals surface area contributed by atoms with Crippen molar-refractivity contribution in [2.75, 3.05) is 7.05 Å². The molecule has 1 fully saturated rings. The van der Waals surface area contributed by atoms with Gasteiger partial charge in [-0.05, 0) is 12.8 Å². The van der Waals surface area contributed by atoms with Crippen molar-refractivity contribution in [1.82, 2.24) is 4.90 Å². The van der Waals surface area contributed by atoms with E-state index in [4.69, 9.17) is 0 Å². The van der Waals surface area contributed by atoms with Gasteiger partial charge >= 0.3 is 0 Å². The smallest absolute Gasteiger partial charge is 0.292 e. The molecule has 0 aliphatic heterocycles. The van der Waals surface area contributed by atoms with Crippen molar-refractivity contribution in [3.05, 3.63) is 0 Å². The van der Waals surface area contributed by atoms with E-state index in [1.807, 2.05) is 11.9 Å². The second-order valence-electron chi connectivity index (χ2n) is 3.26. The van der Waals surface area contributed by atoms with E-state index in [1.165, 1.54) is 19.3 Å². The molecule has 0 N–H and O–H groups in total. The van der Waals surface area contributed by atoms with Crippen LogP contribution >= 0.6 is 22.5 Å². The van der Waals surface area contributed by atoms with Gasteiger partial charge in [0.25, 0.3) is 5.24 Å². The predicted molar refractivity (Wildman–Crippen MR) is 56.6 cm³/mol. The van der Waals surface area contributed by atoms with Gasteiger partial charge in [0.15, 0.2) is 0 Å². The lowest BCUT2D eigenvalue weighted by Crippen LogP contribution is -2.35. The van der Waals surface area contributed by atoms with Crippen LogP contribution in [-0.4, -0.2) is 23.2 Å². The molecule has 1 saturated carbocycles. The van der Waals surface area contributed by atoms with Crippen molar-refractivity contribution >= 4 is 27.7 Å². The molecule has 1 aliphatic rings. The van der Waals surface area contributed by atoms with Crippen molar-refractivity contribution in [2.24, 2.45) is 0 Å². The molecule has 0 aromatic rings. The van der Waals surface area contributed by atoms with Gasteiger partial charge in [-0.25, -0.2) is 0 Å². The first-order chi connectivity index (χ1) is 5.75. The first-order valence-electron chi connectivity index (χ1n) is 4.34. The Morgan fingerprint density at radius 2 is 2.00 bits per heavy atom. The third kappa shape index (κ3) is 2.59. The van der Waals surface area contributed by atoms with Crippen LogP contribution in [0.2, 0.25) is 0 Å². The van der Waals surface area contributed by atoms with Gasteiger partial charge in [-0.3, -0.25) is 4.79 Å². The van der Waals surface area contributed by atoms with Crippen molar-refractivity contribution in [3.63, 3.8) is 0 Å². The fraction of sp³-hybridized carbons (Fsp3) is 0.875. The standard InChI is InChI=1S/C8H15NOS2/c1-9(8(10)12-11)7-5-3-2-4-6-7/h7,11H,2-6H2,1H3. The SMILES string of the molecule is CN(C(=O)SS)C1CCCCC1. The third-order valence-electron chi connectivity index (χ3n) is 2.49. The van der Waals surface area contributed by atoms with Gasteiger partial charge < -0.3 is 4.90 Å². The summed E-state index contributed by atoms with van der Waals surface area (Å²) < 4.78 is 0. The van der Waals surface area contributed by atoms with Crippen LogP contribution in [0.1, 0.15) is 32.1 Å². The summed E-state index contributed by atoms with van der Waals surface area (Å²) in [5, 5.41) is 0.0743. The van der Waals surface area contributed by atoms with Gasteiger partial charge in [-0.2, -0.15) is 0 Å². The van der Waals surface area contributed by atoms with Crippen LogP contribution in [0.3, 0.4) is 0 Å². The van der Waals surface area contributed by atoms with Crippen molar-refractivity contribution < 1.29 is 4.79 Å². The number of hydrogen-bond donors (Lipinski definition) is 1. The van der Waals surface area contributed by atoms with E-state index in [1.54, 1.807) is 0 Å². The lowest BCUT2D eigenvalue weighted by molar-refractivity contribution is 0.197. The minimum atomic E-state index is 0.0743. The molecule has 0 heterocycles. The Bertz CT molecular complexity index is 157. The summed E-state index contributed by atoms with van der Waals surface area (Å²) in [6.07, 6.45) is 6.18. The molecule has 70 valence electrons. The molecule has 4 heteroatoms. The molecule has 0 saturated heterocycles. The highest BCUT2D eigenvalue weighted by atomic mass is 33.1. The largest absolute Gasteiger partial charge is 0.333 e. The molecule has 1 rings (SSSR count). The molecule has 2 nitrogen and oxygen atoms in total. The Kier molecular flexibility index (Phi) is 4.29. The Labute approximate surface area is 82.9 Å². The predicted octanol–water partition coefficient (Wildman–Crippen LogP) is 2.95. The van der Waals surface area contributed by atoms with Crippen LogP contribution in [0.4, 0.5) is 4.79 Å². The molecule has 1 aliphatic carbocycles. The summed E-state index contributed by atoms with van der Waals surface area (Å²) in [6.45, 7) is 0. The van der Waals surface area contributed by atoms with Crippen LogP contribution in [0.25, 0.3) is 0 Å². The zero-order valence-electron chi connectivity index (χ0n) is 7.32. The summed E-state index contributed by atoms with van der Waals surface area (Å²) in [7, 11) is 2.88. The summed E-state index contributed by atoms with van der Waals surface area (Å²) >= 11 is 3.90. The van der Waals surface area contributed by atoms with Gasteiger partial charge in [-0.1, -0.05) is 19.3 Å². The average molecular weight is 205 g/mol. The number of thiol groups is 1. The fourth-order valence-corrected chi connectivity index (χ4v) is 2.35. The third-order valence-corrected chi connectivity index (χ3v) is 3.40. The van der Waals surface area contributed by atoms with Gasteiger partial charge in [0, 0.05) is 23.9 Å². The van der Waals surface area contributed by atoms with Gasteiger partial charge in [0.05, 0.1) is 0 Å². The highest BCUT2D eigenvalue weighted by molar-refractivity contribution is 8.74. The summed E-state index contributed by atoms with van der Waals surface area (Å²) in [5.41, 5.74) is 0. The van der Waals surface area contributed by atoms with Crippen molar-refractivity contribution in [3.8, 4) is 0 Å². The zero-order chi connectivity index (χ0) is 8.97. The summed E-state index contributed by atoms with van der Waals surface area (Å²) in [4.78, 5) is 13.1. The molecule has 0 unspecified atom stereocenters. The Morgan fingerprint density at radius 1 is 1.42 bits per heavy atom. The molecule has 0 aromatic heterocycles. The van der Waals surface area contributed by atoms with E-state index in [2.05, 4.69) is 11.7 Å². The number of carbonyl (C=O) groups is 1. The van der Waals surface area contributed by atoms with Crippen molar-refractivity contribution in [2.45, 2.75) is 38.1 Å². The molecule has 0 spiro atoms. The Morgan fingerprint density at radius 3 is 2.50 bits per heavy atom. The number of nitrogens with zero attached hydrogens (tertiary/aromatic N) is 1. The number of hydrogen-bond acceptors (Lipinski definition) is 3. The highest BCUT2D eigenvalue weighted by Crippen LogP contribution is 2.24. The molecule has 0 aromatic carbocycles. The lowest BCUT2D eigenvalue weighted by atomic mass is 9.95. The quantitative estimate of drug-likeness (QED) is 0.524. The van der Waals surface area contributed by atoms with Crippen molar-refractivity contribution in [1.29, 1.82) is 0 Å². The van der Waals surface area contributed by atoms with E-state index in [0.717, 1.165) is 23.6 Å². The van der Waals surface area contributed by atoms with Crippen LogP contribution in [-0.2, 0) is 0 Å². The van der Waals surface area contributed by atoms with Gasteiger partial charge in [0.2, 0.25) is 0 Å². The maximum absolute atomic E-state index is 11.2. The Hall–Kier alpha value is 0.170. The molecule has 1 amide bonds. The number of carbonyl (C=O) groups excluding carboxylic acids is 1. The second-order valence-corrected chi connectivity index (χ2v) is 4.34. The topological polar surface area (TPSA) is 20.3 Å². The second kappa shape index (κ2) is 5.02. The maximum atomic E-state index is 11.2. The van der Waals surface area contributed by atoms with Crippen LogP contribution in [0.5, 0.6) is 0 Å². The van der Waals surface area contributed by atoms with E-state index < -0.39 is 0 Å². The first kappa shape index (κ1) is 10.3. The zero-order valence-corrected chi connectivity index (χ0v) is 9.03. The van der Waals surface area contributed by atoms with E-state index >= 15 is 0 Å². The number of rotatable bonds is 1. The molecule has 0 atom stereocenters. The van der Waals surface area contributed by atoms with Gasteiger partial charge in [0.1, 0.15) is 0 Å². The van der Waals surface area contributed by atoms with Gasteiger partial charge in [-0.15, -0.1) is 11.7 Å². The lowest BCUT2D eigenvalue weighted by Gasteiger charge is -2.30. The van der Waals surface area contributed by atoms with Crippen LogP contribution < -0.4 is 0 Å². The molecule has 0 bridgehead atoms. The van der Waals surface area contributed by atoms with E-state index in [0.29, 0.717) is 6.04 Å². The number of amides is 1. The minimum absolute atomic E-state index is 0.0743. The van der Waals surface area contributed by atoms with E-state index in [-0.39, 0.29) is 5.24 Å². The highest BCUT2D eigenvalue weighted by Gasteiger charge is 2.21. The van der Waals surface area contributed by atoms with Crippen LogP contribution in [0, 0.1) is 0 Å². The molecule has 12 heavy (non-hydrogen) atoms.